The number of carboxylic acids is 2. The lowest BCUT2D eigenvalue weighted by Crippen LogP contribution is -2.37. The molecule has 2 aromatic rings. The minimum Gasteiger partial charge on any atom is -0.475 e. The molecule has 214 valence electrons. The first-order valence-electron chi connectivity index (χ1n) is 11.8. The van der Waals surface area contributed by atoms with Gasteiger partial charge in [-0.05, 0) is 31.1 Å². The van der Waals surface area contributed by atoms with Gasteiger partial charge in [0.15, 0.2) is 0 Å². The van der Waals surface area contributed by atoms with Gasteiger partial charge in [0.2, 0.25) is 0 Å². The molecule has 0 fully saturated rings. The normalized spacial score (nSPS) is 15.9. The van der Waals surface area contributed by atoms with Gasteiger partial charge in [-0.1, -0.05) is 44.2 Å². The maximum Gasteiger partial charge on any atom is 0.490 e. The van der Waals surface area contributed by atoms with Gasteiger partial charge in [0.1, 0.15) is 0 Å². The predicted octanol–water partition coefficient (Wildman–Crippen LogP) is 4.17. The van der Waals surface area contributed by atoms with Crippen molar-refractivity contribution >= 4 is 11.9 Å². The highest BCUT2D eigenvalue weighted by Gasteiger charge is 2.38. The van der Waals surface area contributed by atoms with Crippen molar-refractivity contribution in [3.05, 3.63) is 53.9 Å². The minimum atomic E-state index is -5.08. The van der Waals surface area contributed by atoms with E-state index in [0.29, 0.717) is 5.92 Å². The number of aliphatic carboxylic acids is 2. The number of aromatic nitrogens is 2. The minimum absolute atomic E-state index is 0.641. The van der Waals surface area contributed by atoms with Crippen LogP contribution >= 0.6 is 0 Å². The van der Waals surface area contributed by atoms with Gasteiger partial charge < -0.3 is 15.1 Å². The second-order valence-corrected chi connectivity index (χ2v) is 8.43. The molecule has 38 heavy (non-hydrogen) atoms. The standard InChI is InChI=1S/C20H30N4.2C2HF3O2/c1-3-22(4-2)14-19-15-23(13-11-18-8-6-5-7-9-18)17-20-10-12-21-24(20)16-19;2*3-2(4,5)1(6)7/h5-10,12,19H,3-4,11,13-17H2,1-2H3;2*(H,6,7). The Morgan fingerprint density at radius 3 is 1.95 bits per heavy atom. The molecule has 3 rings (SSSR count). The Bertz CT molecular complexity index is 954. The van der Waals surface area contributed by atoms with Gasteiger partial charge in [-0.3, -0.25) is 9.58 Å². The SMILES string of the molecule is CCN(CC)CC1CN(CCc2ccccc2)Cc2ccnn2C1.O=C(O)C(F)(F)F.O=C(O)C(F)(F)F. The van der Waals surface area contributed by atoms with Gasteiger partial charge in [0.25, 0.3) is 0 Å². The van der Waals surface area contributed by atoms with Crippen molar-refractivity contribution in [2.24, 2.45) is 5.92 Å². The van der Waals surface area contributed by atoms with Crippen LogP contribution in [0.3, 0.4) is 0 Å². The number of fused-ring (bicyclic) bond motifs is 1. The van der Waals surface area contributed by atoms with Crippen molar-refractivity contribution in [3.8, 4) is 0 Å². The van der Waals surface area contributed by atoms with Gasteiger partial charge in [-0.25, -0.2) is 9.59 Å². The maximum absolute atomic E-state index is 10.6. The Balaban J connectivity index is 0.000000426. The van der Waals surface area contributed by atoms with E-state index in [9.17, 15) is 26.3 Å². The van der Waals surface area contributed by atoms with E-state index in [-0.39, 0.29) is 0 Å². The quantitative estimate of drug-likeness (QED) is 0.496. The van der Waals surface area contributed by atoms with Crippen LogP contribution in [0.5, 0.6) is 0 Å². The van der Waals surface area contributed by atoms with Crippen molar-refractivity contribution in [1.29, 1.82) is 0 Å². The molecule has 1 aliphatic heterocycles. The third-order valence-corrected chi connectivity index (χ3v) is 5.59. The largest absolute Gasteiger partial charge is 0.490 e. The summed E-state index contributed by atoms with van der Waals surface area (Å²) in [6, 6.07) is 13.0. The van der Waals surface area contributed by atoms with Crippen LogP contribution in [0.4, 0.5) is 26.3 Å². The molecule has 0 amide bonds. The summed E-state index contributed by atoms with van der Waals surface area (Å²) < 4.78 is 65.7. The lowest BCUT2D eigenvalue weighted by Gasteiger charge is -2.28. The highest BCUT2D eigenvalue weighted by molar-refractivity contribution is 5.73. The Hall–Kier alpha value is -3.13. The summed E-state index contributed by atoms with van der Waals surface area (Å²) >= 11 is 0. The molecule has 1 aromatic carbocycles. The second kappa shape index (κ2) is 15.3. The van der Waals surface area contributed by atoms with Gasteiger partial charge in [0.05, 0.1) is 5.69 Å². The number of benzene rings is 1. The summed E-state index contributed by atoms with van der Waals surface area (Å²) in [5.41, 5.74) is 2.78. The zero-order valence-corrected chi connectivity index (χ0v) is 21.0. The first-order valence-corrected chi connectivity index (χ1v) is 11.8. The molecule has 0 saturated heterocycles. The van der Waals surface area contributed by atoms with Crippen molar-refractivity contribution in [2.75, 3.05) is 32.7 Å². The molecule has 1 aromatic heterocycles. The molecular weight excluding hydrogens is 522 g/mol. The number of carbonyl (C=O) groups is 2. The number of rotatable bonds is 7. The zero-order chi connectivity index (χ0) is 28.9. The summed E-state index contributed by atoms with van der Waals surface area (Å²) in [4.78, 5) is 22.9. The highest BCUT2D eigenvalue weighted by Crippen LogP contribution is 2.18. The predicted molar refractivity (Wildman–Crippen MR) is 126 cm³/mol. The van der Waals surface area contributed by atoms with E-state index in [1.54, 1.807) is 0 Å². The van der Waals surface area contributed by atoms with E-state index in [4.69, 9.17) is 19.8 Å². The van der Waals surface area contributed by atoms with Crippen LogP contribution in [0.2, 0.25) is 0 Å². The molecule has 1 aliphatic rings. The molecule has 0 spiro atoms. The summed E-state index contributed by atoms with van der Waals surface area (Å²) in [6.07, 6.45) is -7.10. The number of hydrogen-bond donors (Lipinski definition) is 2. The van der Waals surface area contributed by atoms with E-state index in [1.165, 1.54) is 11.3 Å². The lowest BCUT2D eigenvalue weighted by molar-refractivity contribution is -0.193. The average molecular weight is 555 g/mol. The molecular formula is C24H32F6N4O4. The summed E-state index contributed by atoms with van der Waals surface area (Å²) in [5, 5.41) is 18.8. The zero-order valence-electron chi connectivity index (χ0n) is 21.0. The van der Waals surface area contributed by atoms with Crippen LogP contribution in [-0.2, 0) is 29.1 Å². The Morgan fingerprint density at radius 2 is 1.47 bits per heavy atom. The molecule has 8 nitrogen and oxygen atoms in total. The first kappa shape index (κ1) is 32.9. The summed E-state index contributed by atoms with van der Waals surface area (Å²) in [7, 11) is 0. The van der Waals surface area contributed by atoms with Crippen molar-refractivity contribution < 1.29 is 46.1 Å². The number of halogens is 6. The van der Waals surface area contributed by atoms with E-state index in [1.807, 2.05) is 6.20 Å². The van der Waals surface area contributed by atoms with Crippen LogP contribution in [0, 0.1) is 5.92 Å². The fourth-order valence-electron chi connectivity index (χ4n) is 3.68. The average Bonchev–Trinajstić information content (AvgIpc) is 3.20. The van der Waals surface area contributed by atoms with Gasteiger partial charge in [0, 0.05) is 44.8 Å². The van der Waals surface area contributed by atoms with Crippen LogP contribution in [0.15, 0.2) is 42.6 Å². The Labute approximate surface area is 216 Å². The number of alkyl halides is 6. The smallest absolute Gasteiger partial charge is 0.475 e. The van der Waals surface area contributed by atoms with Crippen molar-refractivity contribution in [1.82, 2.24) is 19.6 Å². The van der Waals surface area contributed by atoms with Crippen molar-refractivity contribution in [3.63, 3.8) is 0 Å². The third kappa shape index (κ3) is 12.4. The van der Waals surface area contributed by atoms with Crippen molar-refractivity contribution in [2.45, 2.75) is 45.7 Å². The first-order chi connectivity index (χ1) is 17.7. The van der Waals surface area contributed by atoms with E-state index < -0.39 is 24.3 Å². The molecule has 14 heteroatoms. The molecule has 0 saturated carbocycles. The van der Waals surface area contributed by atoms with E-state index in [0.717, 1.165) is 52.2 Å². The van der Waals surface area contributed by atoms with Gasteiger partial charge >= 0.3 is 24.3 Å². The van der Waals surface area contributed by atoms with Gasteiger partial charge in [-0.2, -0.15) is 31.4 Å². The number of nitrogens with zero attached hydrogens (tertiary/aromatic N) is 4. The molecule has 0 aliphatic carbocycles. The van der Waals surface area contributed by atoms with Gasteiger partial charge in [-0.15, -0.1) is 0 Å². The summed E-state index contributed by atoms with van der Waals surface area (Å²) in [5.74, 6) is -4.87. The Morgan fingerprint density at radius 1 is 0.947 bits per heavy atom. The summed E-state index contributed by atoms with van der Waals surface area (Å²) in [6.45, 7) is 12.3. The molecule has 2 N–H and O–H groups in total. The molecule has 1 atom stereocenters. The second-order valence-electron chi connectivity index (χ2n) is 8.43. The molecule has 0 radical (unpaired) electrons. The molecule has 2 heterocycles. The van der Waals surface area contributed by atoms with E-state index >= 15 is 0 Å². The third-order valence-electron chi connectivity index (χ3n) is 5.59. The maximum atomic E-state index is 10.6. The number of carboxylic acid groups (broad SMARTS) is 2. The fraction of sp³-hybridized carbons (Fsp3) is 0.542. The molecule has 0 bridgehead atoms. The topological polar surface area (TPSA) is 98.9 Å². The molecule has 1 unspecified atom stereocenters. The lowest BCUT2D eigenvalue weighted by atomic mass is 10.1. The van der Waals surface area contributed by atoms with Crippen LogP contribution in [0.25, 0.3) is 0 Å². The monoisotopic (exact) mass is 554 g/mol. The van der Waals surface area contributed by atoms with Crippen LogP contribution in [-0.4, -0.2) is 86.8 Å². The van der Waals surface area contributed by atoms with Crippen LogP contribution in [0.1, 0.15) is 25.1 Å². The highest BCUT2D eigenvalue weighted by atomic mass is 19.4. The Kier molecular flexibility index (Phi) is 13.3. The van der Waals surface area contributed by atoms with Crippen LogP contribution < -0.4 is 0 Å². The number of hydrogen-bond acceptors (Lipinski definition) is 5. The fourth-order valence-corrected chi connectivity index (χ4v) is 3.68. The van der Waals surface area contributed by atoms with E-state index in [2.05, 4.69) is 69.8 Å².